The fourth-order valence-electron chi connectivity index (χ4n) is 1.72. The van der Waals surface area contributed by atoms with Crippen LogP contribution < -0.4 is 0 Å². The lowest BCUT2D eigenvalue weighted by Crippen LogP contribution is -2.08. The topological polar surface area (TPSA) is 26.3 Å². The fraction of sp³-hybridized carbons (Fsp3) is 0.417. The molecule has 1 atom stereocenters. The van der Waals surface area contributed by atoms with Crippen molar-refractivity contribution in [3.63, 3.8) is 0 Å². The monoisotopic (exact) mass is 256 g/mol. The molecule has 1 aliphatic rings. The number of ether oxygens (including phenoxy) is 1. The van der Waals surface area contributed by atoms with Crippen molar-refractivity contribution >= 4 is 29.6 Å². The standard InChI is InChI=1S/C12H13ClO2S/c13-11-4-1-5-12(10(11)7-14)16-8-9-3-2-6-15-9/h1,4-5,7,9H,2-3,6,8H2. The van der Waals surface area contributed by atoms with Crippen LogP contribution in [0.3, 0.4) is 0 Å². The van der Waals surface area contributed by atoms with Gasteiger partial charge in [0.05, 0.1) is 11.1 Å². The maximum Gasteiger partial charge on any atom is 0.152 e. The summed E-state index contributed by atoms with van der Waals surface area (Å²) in [6, 6.07) is 5.53. The number of carbonyl (C=O) groups is 1. The number of aldehydes is 1. The minimum Gasteiger partial charge on any atom is -0.377 e. The zero-order valence-electron chi connectivity index (χ0n) is 8.82. The molecule has 1 unspecified atom stereocenters. The van der Waals surface area contributed by atoms with Crippen molar-refractivity contribution in [3.8, 4) is 0 Å². The van der Waals surface area contributed by atoms with E-state index in [1.54, 1.807) is 17.8 Å². The molecule has 0 aromatic heterocycles. The van der Waals surface area contributed by atoms with E-state index in [9.17, 15) is 4.79 Å². The van der Waals surface area contributed by atoms with Crippen LogP contribution in [0.2, 0.25) is 5.02 Å². The van der Waals surface area contributed by atoms with Crippen molar-refractivity contribution in [2.24, 2.45) is 0 Å². The Morgan fingerprint density at radius 2 is 2.44 bits per heavy atom. The molecule has 0 radical (unpaired) electrons. The molecule has 1 aromatic carbocycles. The number of rotatable bonds is 4. The molecule has 0 N–H and O–H groups in total. The van der Waals surface area contributed by atoms with Crippen molar-refractivity contribution in [2.45, 2.75) is 23.8 Å². The number of hydrogen-bond donors (Lipinski definition) is 0. The number of benzene rings is 1. The van der Waals surface area contributed by atoms with Crippen LogP contribution in [-0.4, -0.2) is 24.7 Å². The van der Waals surface area contributed by atoms with E-state index in [2.05, 4.69) is 0 Å². The van der Waals surface area contributed by atoms with Gasteiger partial charge in [-0.1, -0.05) is 17.7 Å². The molecule has 1 heterocycles. The summed E-state index contributed by atoms with van der Waals surface area (Å²) in [6.07, 6.45) is 3.40. The highest BCUT2D eigenvalue weighted by Gasteiger charge is 2.16. The minimum atomic E-state index is 0.323. The Morgan fingerprint density at radius 3 is 3.12 bits per heavy atom. The van der Waals surface area contributed by atoms with E-state index in [0.29, 0.717) is 16.7 Å². The molecule has 0 saturated carbocycles. The van der Waals surface area contributed by atoms with Gasteiger partial charge < -0.3 is 4.74 Å². The first-order valence-corrected chi connectivity index (χ1v) is 6.65. The van der Waals surface area contributed by atoms with Gasteiger partial charge >= 0.3 is 0 Å². The third kappa shape index (κ3) is 2.78. The van der Waals surface area contributed by atoms with Crippen LogP contribution in [0.15, 0.2) is 23.1 Å². The molecule has 1 aliphatic heterocycles. The molecule has 1 aromatic rings. The molecule has 4 heteroatoms. The van der Waals surface area contributed by atoms with Crippen LogP contribution in [0.4, 0.5) is 0 Å². The van der Waals surface area contributed by atoms with E-state index in [4.69, 9.17) is 16.3 Å². The first kappa shape index (κ1) is 12.0. The first-order chi connectivity index (χ1) is 7.81. The van der Waals surface area contributed by atoms with Crippen LogP contribution >= 0.6 is 23.4 Å². The third-order valence-corrected chi connectivity index (χ3v) is 4.11. The van der Waals surface area contributed by atoms with E-state index < -0.39 is 0 Å². The van der Waals surface area contributed by atoms with Gasteiger partial charge in [0, 0.05) is 22.8 Å². The van der Waals surface area contributed by atoms with Gasteiger partial charge in [0.1, 0.15) is 0 Å². The molecule has 0 aliphatic carbocycles. The van der Waals surface area contributed by atoms with Gasteiger partial charge in [0.25, 0.3) is 0 Å². The van der Waals surface area contributed by atoms with Gasteiger partial charge in [-0.05, 0) is 25.0 Å². The quantitative estimate of drug-likeness (QED) is 0.610. The molecule has 86 valence electrons. The molecular formula is C12H13ClO2S. The van der Waals surface area contributed by atoms with Gasteiger partial charge in [-0.25, -0.2) is 0 Å². The summed E-state index contributed by atoms with van der Waals surface area (Å²) in [7, 11) is 0. The maximum atomic E-state index is 10.9. The summed E-state index contributed by atoms with van der Waals surface area (Å²) in [6.45, 7) is 0.862. The van der Waals surface area contributed by atoms with Crippen LogP contribution in [0.5, 0.6) is 0 Å². The highest BCUT2D eigenvalue weighted by Crippen LogP contribution is 2.29. The number of carbonyl (C=O) groups excluding carboxylic acids is 1. The fourth-order valence-corrected chi connectivity index (χ4v) is 3.11. The van der Waals surface area contributed by atoms with Crippen molar-refractivity contribution < 1.29 is 9.53 Å². The number of thioether (sulfide) groups is 1. The summed E-state index contributed by atoms with van der Waals surface area (Å²) in [5, 5.41) is 0.521. The lowest BCUT2D eigenvalue weighted by atomic mass is 10.2. The Kier molecular flexibility index (Phi) is 4.27. The zero-order valence-corrected chi connectivity index (χ0v) is 10.4. The Balaban J connectivity index is 2.02. The van der Waals surface area contributed by atoms with Gasteiger partial charge in [0.2, 0.25) is 0 Å². The molecular weight excluding hydrogens is 244 g/mol. The molecule has 0 spiro atoms. The molecule has 1 fully saturated rings. The summed E-state index contributed by atoms with van der Waals surface area (Å²) < 4.78 is 5.54. The highest BCUT2D eigenvalue weighted by molar-refractivity contribution is 7.99. The van der Waals surface area contributed by atoms with E-state index >= 15 is 0 Å². The van der Waals surface area contributed by atoms with Crippen molar-refractivity contribution in [1.29, 1.82) is 0 Å². The van der Waals surface area contributed by atoms with Crippen molar-refractivity contribution in [2.75, 3.05) is 12.4 Å². The maximum absolute atomic E-state index is 10.9. The Hall–Kier alpha value is -0.510. The minimum absolute atomic E-state index is 0.323. The second-order valence-electron chi connectivity index (χ2n) is 3.72. The van der Waals surface area contributed by atoms with E-state index in [1.807, 2.05) is 12.1 Å². The van der Waals surface area contributed by atoms with Crippen molar-refractivity contribution in [3.05, 3.63) is 28.8 Å². The molecule has 2 rings (SSSR count). The van der Waals surface area contributed by atoms with E-state index in [1.165, 1.54) is 0 Å². The third-order valence-electron chi connectivity index (χ3n) is 2.58. The van der Waals surface area contributed by atoms with Crippen LogP contribution in [0.25, 0.3) is 0 Å². The Bertz CT molecular complexity index is 375. The molecule has 2 nitrogen and oxygen atoms in total. The van der Waals surface area contributed by atoms with E-state index in [0.717, 1.165) is 36.4 Å². The lowest BCUT2D eigenvalue weighted by Gasteiger charge is -2.10. The smallest absolute Gasteiger partial charge is 0.152 e. The van der Waals surface area contributed by atoms with Gasteiger partial charge in [0.15, 0.2) is 6.29 Å². The lowest BCUT2D eigenvalue weighted by molar-refractivity contribution is 0.112. The van der Waals surface area contributed by atoms with E-state index in [-0.39, 0.29) is 0 Å². The molecule has 1 saturated heterocycles. The number of hydrogen-bond acceptors (Lipinski definition) is 3. The van der Waals surface area contributed by atoms with Gasteiger partial charge in [-0.15, -0.1) is 11.8 Å². The normalized spacial score (nSPS) is 19.9. The Morgan fingerprint density at radius 1 is 1.56 bits per heavy atom. The zero-order chi connectivity index (χ0) is 11.4. The largest absolute Gasteiger partial charge is 0.377 e. The Labute approximate surface area is 104 Å². The average Bonchev–Trinajstić information content (AvgIpc) is 2.79. The average molecular weight is 257 g/mol. The van der Waals surface area contributed by atoms with Crippen LogP contribution in [0, 0.1) is 0 Å². The second-order valence-corrected chi connectivity index (χ2v) is 5.18. The van der Waals surface area contributed by atoms with Crippen LogP contribution in [0.1, 0.15) is 23.2 Å². The van der Waals surface area contributed by atoms with Crippen LogP contribution in [-0.2, 0) is 4.74 Å². The summed E-state index contributed by atoms with van der Waals surface area (Å²) in [5.41, 5.74) is 0.590. The van der Waals surface area contributed by atoms with Gasteiger partial charge in [-0.3, -0.25) is 4.79 Å². The predicted octanol–water partition coefficient (Wildman–Crippen LogP) is 3.42. The highest BCUT2D eigenvalue weighted by atomic mass is 35.5. The molecule has 16 heavy (non-hydrogen) atoms. The molecule has 0 amide bonds. The second kappa shape index (κ2) is 5.71. The number of halogens is 1. The van der Waals surface area contributed by atoms with Gasteiger partial charge in [-0.2, -0.15) is 0 Å². The SMILES string of the molecule is O=Cc1c(Cl)cccc1SCC1CCCO1. The first-order valence-electron chi connectivity index (χ1n) is 5.29. The summed E-state index contributed by atoms with van der Waals surface area (Å²) in [5.74, 6) is 0.890. The predicted molar refractivity (Wildman–Crippen MR) is 66.5 cm³/mol. The summed E-state index contributed by atoms with van der Waals surface area (Å²) >= 11 is 7.59. The molecule has 0 bridgehead atoms. The van der Waals surface area contributed by atoms with Crippen molar-refractivity contribution in [1.82, 2.24) is 0 Å². The summed E-state index contributed by atoms with van der Waals surface area (Å²) in [4.78, 5) is 11.9.